The van der Waals surface area contributed by atoms with E-state index in [0.717, 1.165) is 12.8 Å². The van der Waals surface area contributed by atoms with Gasteiger partial charge in [0.25, 0.3) is 0 Å². The van der Waals surface area contributed by atoms with Crippen molar-refractivity contribution < 1.29 is 8.42 Å². The Balaban J connectivity index is 2.20. The molecule has 0 bridgehead atoms. The number of anilines is 1. The standard InChI is InChI=1S/C11H17N3O2S/c12-17(15,16)10-7-4-8-13-11(10)14-9-5-2-1-3-6-9/h4,7-9H,1-3,5-6H2,(H,13,14)(H2,12,15,16). The third kappa shape index (κ3) is 3.17. The zero-order valence-electron chi connectivity index (χ0n) is 9.59. The Bertz CT molecular complexity index is 481. The number of nitrogens with one attached hydrogen (secondary N) is 1. The quantitative estimate of drug-likeness (QED) is 0.856. The van der Waals surface area contributed by atoms with Crippen LogP contribution in [0, 0.1) is 0 Å². The van der Waals surface area contributed by atoms with Crippen LogP contribution < -0.4 is 10.5 Å². The van der Waals surface area contributed by atoms with Crippen molar-refractivity contribution in [2.75, 3.05) is 5.32 Å². The molecule has 1 aliphatic rings. The average Bonchev–Trinajstić information content (AvgIpc) is 2.30. The van der Waals surface area contributed by atoms with E-state index in [2.05, 4.69) is 10.3 Å². The number of pyridine rings is 1. The van der Waals surface area contributed by atoms with Crippen LogP contribution in [0.4, 0.5) is 5.82 Å². The Morgan fingerprint density at radius 3 is 2.65 bits per heavy atom. The first-order chi connectivity index (χ1) is 8.07. The van der Waals surface area contributed by atoms with Crippen molar-refractivity contribution in [3.05, 3.63) is 18.3 Å². The molecule has 0 atom stereocenters. The van der Waals surface area contributed by atoms with Gasteiger partial charge in [-0.3, -0.25) is 0 Å². The highest BCUT2D eigenvalue weighted by atomic mass is 32.2. The molecule has 2 rings (SSSR count). The number of sulfonamides is 1. The molecule has 0 saturated heterocycles. The normalized spacial score (nSPS) is 17.9. The minimum atomic E-state index is -3.71. The van der Waals surface area contributed by atoms with Crippen molar-refractivity contribution >= 4 is 15.8 Å². The number of hydrogen-bond acceptors (Lipinski definition) is 4. The zero-order chi connectivity index (χ0) is 12.3. The molecule has 0 radical (unpaired) electrons. The second kappa shape index (κ2) is 5.01. The van der Waals surface area contributed by atoms with Crippen LogP contribution in [0.15, 0.2) is 23.2 Å². The number of aromatic nitrogens is 1. The van der Waals surface area contributed by atoms with E-state index in [1.165, 1.54) is 25.3 Å². The second-order valence-electron chi connectivity index (χ2n) is 4.37. The third-order valence-corrected chi connectivity index (χ3v) is 3.97. The van der Waals surface area contributed by atoms with E-state index in [1.54, 1.807) is 12.3 Å². The van der Waals surface area contributed by atoms with Crippen molar-refractivity contribution in [1.82, 2.24) is 4.98 Å². The second-order valence-corrected chi connectivity index (χ2v) is 5.90. The van der Waals surface area contributed by atoms with Crippen molar-refractivity contribution in [2.45, 2.75) is 43.0 Å². The molecule has 0 aromatic carbocycles. The predicted octanol–water partition coefficient (Wildman–Crippen LogP) is 1.47. The largest absolute Gasteiger partial charge is 0.366 e. The Hall–Kier alpha value is -1.14. The molecule has 0 aliphatic heterocycles. The number of rotatable bonds is 3. The first-order valence-electron chi connectivity index (χ1n) is 5.82. The molecular formula is C11H17N3O2S. The van der Waals surface area contributed by atoms with Gasteiger partial charge in [0.1, 0.15) is 10.7 Å². The lowest BCUT2D eigenvalue weighted by atomic mass is 9.95. The Morgan fingerprint density at radius 1 is 1.29 bits per heavy atom. The van der Waals surface area contributed by atoms with E-state index in [4.69, 9.17) is 5.14 Å². The molecule has 1 aromatic heterocycles. The molecule has 1 aliphatic carbocycles. The summed E-state index contributed by atoms with van der Waals surface area (Å²) in [6, 6.07) is 3.36. The summed E-state index contributed by atoms with van der Waals surface area (Å²) in [6.45, 7) is 0. The molecule has 3 N–H and O–H groups in total. The van der Waals surface area contributed by atoms with E-state index in [0.29, 0.717) is 11.9 Å². The molecular weight excluding hydrogens is 238 g/mol. The van der Waals surface area contributed by atoms with Gasteiger partial charge >= 0.3 is 0 Å². The van der Waals surface area contributed by atoms with Crippen LogP contribution in [-0.2, 0) is 10.0 Å². The highest BCUT2D eigenvalue weighted by Crippen LogP contribution is 2.23. The van der Waals surface area contributed by atoms with Gasteiger partial charge in [-0.15, -0.1) is 0 Å². The van der Waals surface area contributed by atoms with Gasteiger partial charge in [-0.1, -0.05) is 19.3 Å². The monoisotopic (exact) mass is 255 g/mol. The van der Waals surface area contributed by atoms with Gasteiger partial charge in [-0.05, 0) is 25.0 Å². The minimum Gasteiger partial charge on any atom is -0.366 e. The number of nitrogens with two attached hydrogens (primary N) is 1. The first-order valence-corrected chi connectivity index (χ1v) is 7.36. The fourth-order valence-electron chi connectivity index (χ4n) is 2.17. The van der Waals surface area contributed by atoms with Gasteiger partial charge in [0, 0.05) is 12.2 Å². The molecule has 0 unspecified atom stereocenters. The van der Waals surface area contributed by atoms with Gasteiger partial charge in [-0.2, -0.15) is 0 Å². The van der Waals surface area contributed by atoms with Crippen molar-refractivity contribution in [2.24, 2.45) is 5.14 Å². The molecule has 17 heavy (non-hydrogen) atoms. The molecule has 1 saturated carbocycles. The number of primary sulfonamides is 1. The lowest BCUT2D eigenvalue weighted by molar-refractivity contribution is 0.461. The van der Waals surface area contributed by atoms with Crippen LogP contribution in [0.2, 0.25) is 0 Å². The van der Waals surface area contributed by atoms with Crippen LogP contribution in [0.3, 0.4) is 0 Å². The van der Waals surface area contributed by atoms with E-state index >= 15 is 0 Å². The lowest BCUT2D eigenvalue weighted by Gasteiger charge is -2.23. The van der Waals surface area contributed by atoms with E-state index in [9.17, 15) is 8.42 Å². The summed E-state index contributed by atoms with van der Waals surface area (Å²) in [5.41, 5.74) is 0. The first kappa shape index (κ1) is 12.3. The van der Waals surface area contributed by atoms with Gasteiger partial charge < -0.3 is 5.32 Å². The fraction of sp³-hybridized carbons (Fsp3) is 0.545. The summed E-state index contributed by atoms with van der Waals surface area (Å²) >= 11 is 0. The molecule has 0 amide bonds. The maximum Gasteiger partial charge on any atom is 0.241 e. The Labute approximate surface area is 101 Å². The van der Waals surface area contributed by atoms with Gasteiger partial charge in [0.05, 0.1) is 0 Å². The molecule has 5 nitrogen and oxygen atoms in total. The van der Waals surface area contributed by atoms with Crippen molar-refractivity contribution in [3.8, 4) is 0 Å². The van der Waals surface area contributed by atoms with Gasteiger partial charge in [0.2, 0.25) is 10.0 Å². The van der Waals surface area contributed by atoms with Crippen LogP contribution in [0.5, 0.6) is 0 Å². The highest BCUT2D eigenvalue weighted by Gasteiger charge is 2.19. The van der Waals surface area contributed by atoms with Crippen LogP contribution in [0.1, 0.15) is 32.1 Å². The maximum atomic E-state index is 11.4. The summed E-state index contributed by atoms with van der Waals surface area (Å²) in [6.07, 6.45) is 7.29. The topological polar surface area (TPSA) is 85.1 Å². The van der Waals surface area contributed by atoms with Crippen LogP contribution in [0.25, 0.3) is 0 Å². The summed E-state index contributed by atoms with van der Waals surface area (Å²) in [5.74, 6) is 0.377. The molecule has 1 aromatic rings. The van der Waals surface area contributed by atoms with Crippen LogP contribution in [-0.4, -0.2) is 19.4 Å². The molecule has 6 heteroatoms. The summed E-state index contributed by atoms with van der Waals surface area (Å²) < 4.78 is 22.8. The van der Waals surface area contributed by atoms with E-state index < -0.39 is 10.0 Å². The Morgan fingerprint density at radius 2 is 2.00 bits per heavy atom. The molecule has 1 heterocycles. The SMILES string of the molecule is NS(=O)(=O)c1cccnc1NC1CCCCC1. The van der Waals surface area contributed by atoms with E-state index in [1.807, 2.05) is 0 Å². The smallest absolute Gasteiger partial charge is 0.241 e. The van der Waals surface area contributed by atoms with E-state index in [-0.39, 0.29) is 4.90 Å². The number of nitrogens with zero attached hydrogens (tertiary/aromatic N) is 1. The third-order valence-electron chi connectivity index (χ3n) is 3.02. The number of hydrogen-bond donors (Lipinski definition) is 2. The summed E-state index contributed by atoms with van der Waals surface area (Å²) in [5, 5.41) is 8.34. The average molecular weight is 255 g/mol. The molecule has 0 spiro atoms. The van der Waals surface area contributed by atoms with Crippen molar-refractivity contribution in [3.63, 3.8) is 0 Å². The zero-order valence-corrected chi connectivity index (χ0v) is 10.4. The highest BCUT2D eigenvalue weighted by molar-refractivity contribution is 7.89. The molecule has 1 fully saturated rings. The molecule has 94 valence electrons. The fourth-order valence-corrected chi connectivity index (χ4v) is 2.82. The van der Waals surface area contributed by atoms with Crippen molar-refractivity contribution in [1.29, 1.82) is 0 Å². The van der Waals surface area contributed by atoms with Gasteiger partial charge in [0.15, 0.2) is 0 Å². The van der Waals surface area contributed by atoms with Gasteiger partial charge in [-0.25, -0.2) is 18.5 Å². The van der Waals surface area contributed by atoms with Crippen LogP contribution >= 0.6 is 0 Å². The lowest BCUT2D eigenvalue weighted by Crippen LogP contribution is -2.25. The maximum absolute atomic E-state index is 11.4. The Kier molecular flexibility index (Phi) is 3.63. The predicted molar refractivity (Wildman–Crippen MR) is 66.1 cm³/mol. The summed E-state index contributed by atoms with van der Waals surface area (Å²) in [7, 11) is -3.71. The minimum absolute atomic E-state index is 0.0746. The summed E-state index contributed by atoms with van der Waals surface area (Å²) in [4.78, 5) is 4.14.